The Labute approximate surface area is 189 Å². The molecule has 3 aromatic carbocycles. The smallest absolute Gasteiger partial charge is 0.267 e. The van der Waals surface area contributed by atoms with Gasteiger partial charge in [0, 0.05) is 11.1 Å². The number of carbonyl (C=O) groups excluding carboxylic acids is 1. The maximum atomic E-state index is 13.0. The number of alkyl halides is 3. The molecule has 0 radical (unpaired) electrons. The molecule has 33 heavy (non-hydrogen) atoms. The Morgan fingerprint density at radius 2 is 1.58 bits per heavy atom. The molecule has 0 unspecified atom stereocenters. The van der Waals surface area contributed by atoms with E-state index < -0.39 is 27.7 Å². The van der Waals surface area contributed by atoms with Crippen LogP contribution in [0.1, 0.15) is 27.0 Å². The number of carbonyl (C=O) groups is 1. The Bertz CT molecular complexity index is 1240. The predicted molar refractivity (Wildman–Crippen MR) is 120 cm³/mol. The van der Waals surface area contributed by atoms with Crippen LogP contribution in [0.4, 0.5) is 18.9 Å². The molecule has 0 saturated heterocycles. The highest BCUT2D eigenvalue weighted by molar-refractivity contribution is 7.92. The number of nitrogens with zero attached hydrogens (tertiary/aromatic N) is 2. The Morgan fingerprint density at radius 3 is 2.18 bits per heavy atom. The number of hydrogen-bond acceptors (Lipinski definition) is 4. The van der Waals surface area contributed by atoms with Crippen molar-refractivity contribution < 1.29 is 26.4 Å². The van der Waals surface area contributed by atoms with Crippen LogP contribution >= 0.6 is 0 Å². The van der Waals surface area contributed by atoms with Gasteiger partial charge in [0.05, 0.1) is 30.3 Å². The molecule has 0 spiro atoms. The summed E-state index contributed by atoms with van der Waals surface area (Å²) in [5.41, 5.74) is 2.43. The van der Waals surface area contributed by atoms with Crippen molar-refractivity contribution in [1.82, 2.24) is 5.43 Å². The summed E-state index contributed by atoms with van der Waals surface area (Å²) in [6, 6.07) is 19.6. The number of halogens is 3. The fourth-order valence-electron chi connectivity index (χ4n) is 3.02. The van der Waals surface area contributed by atoms with Gasteiger partial charge in [0.25, 0.3) is 5.91 Å². The summed E-state index contributed by atoms with van der Waals surface area (Å²) < 4.78 is 64.8. The van der Waals surface area contributed by atoms with E-state index in [9.17, 15) is 26.4 Å². The van der Waals surface area contributed by atoms with Gasteiger partial charge in [0.15, 0.2) is 0 Å². The lowest BCUT2D eigenvalue weighted by Gasteiger charge is -2.22. The van der Waals surface area contributed by atoms with Gasteiger partial charge < -0.3 is 0 Å². The zero-order chi connectivity index (χ0) is 24.1. The second kappa shape index (κ2) is 9.86. The normalized spacial score (nSPS) is 12.0. The molecule has 0 bridgehead atoms. The van der Waals surface area contributed by atoms with Crippen LogP contribution in [0.3, 0.4) is 0 Å². The summed E-state index contributed by atoms with van der Waals surface area (Å²) in [6.45, 7) is 0.119. The van der Waals surface area contributed by atoms with Gasteiger partial charge in [-0.1, -0.05) is 48.5 Å². The zero-order valence-electron chi connectivity index (χ0n) is 17.5. The first-order valence-electron chi connectivity index (χ1n) is 9.67. The third kappa shape index (κ3) is 6.42. The minimum atomic E-state index is -4.55. The molecule has 0 fully saturated rings. The van der Waals surface area contributed by atoms with Crippen LogP contribution in [-0.2, 0) is 22.7 Å². The molecule has 0 saturated carbocycles. The number of benzene rings is 3. The summed E-state index contributed by atoms with van der Waals surface area (Å²) in [6.07, 6.45) is -2.54. The molecular weight excluding hydrogens is 455 g/mol. The Morgan fingerprint density at radius 1 is 0.970 bits per heavy atom. The largest absolute Gasteiger partial charge is 0.417 e. The summed E-state index contributed by atoms with van der Waals surface area (Å²) in [7, 11) is -3.59. The molecule has 1 amide bonds. The van der Waals surface area contributed by atoms with Crippen molar-refractivity contribution in [3.63, 3.8) is 0 Å². The monoisotopic (exact) mass is 475 g/mol. The van der Waals surface area contributed by atoms with Gasteiger partial charge in [-0.05, 0) is 35.9 Å². The molecule has 10 heteroatoms. The molecular formula is C23H20F3N3O3S. The maximum Gasteiger partial charge on any atom is 0.417 e. The number of amides is 1. The SMILES string of the molecule is CS(=O)(=O)N(Cc1ccccc1)c1ccc(C(=O)N/N=C/c2ccccc2C(F)(F)F)cc1. The van der Waals surface area contributed by atoms with Gasteiger partial charge in [0.1, 0.15) is 0 Å². The average molecular weight is 475 g/mol. The van der Waals surface area contributed by atoms with Crippen LogP contribution in [0.2, 0.25) is 0 Å². The van der Waals surface area contributed by atoms with E-state index in [2.05, 4.69) is 10.5 Å². The molecule has 0 atom stereocenters. The van der Waals surface area contributed by atoms with Crippen LogP contribution in [-0.4, -0.2) is 26.8 Å². The summed E-state index contributed by atoms with van der Waals surface area (Å²) >= 11 is 0. The highest BCUT2D eigenvalue weighted by Gasteiger charge is 2.32. The van der Waals surface area contributed by atoms with Gasteiger partial charge >= 0.3 is 6.18 Å². The van der Waals surface area contributed by atoms with Gasteiger partial charge in [-0.2, -0.15) is 18.3 Å². The third-order valence-corrected chi connectivity index (χ3v) is 5.76. The lowest BCUT2D eigenvalue weighted by atomic mass is 10.1. The van der Waals surface area contributed by atoms with Gasteiger partial charge in [-0.15, -0.1) is 0 Å². The minimum Gasteiger partial charge on any atom is -0.267 e. The Kier molecular flexibility index (Phi) is 7.17. The van der Waals surface area contributed by atoms with E-state index in [1.54, 1.807) is 24.3 Å². The van der Waals surface area contributed by atoms with E-state index in [0.717, 1.165) is 24.1 Å². The first-order chi connectivity index (χ1) is 15.6. The second-order valence-corrected chi connectivity index (χ2v) is 8.99. The van der Waals surface area contributed by atoms with Crippen molar-refractivity contribution in [2.24, 2.45) is 5.10 Å². The molecule has 0 aliphatic carbocycles. The van der Waals surface area contributed by atoms with E-state index in [-0.39, 0.29) is 17.7 Å². The van der Waals surface area contributed by atoms with Crippen LogP contribution in [0, 0.1) is 0 Å². The van der Waals surface area contributed by atoms with Crippen molar-refractivity contribution in [2.75, 3.05) is 10.6 Å². The Balaban J connectivity index is 1.73. The third-order valence-electron chi connectivity index (χ3n) is 4.62. The van der Waals surface area contributed by atoms with Crippen LogP contribution in [0.15, 0.2) is 84.0 Å². The number of sulfonamides is 1. The predicted octanol–water partition coefficient (Wildman–Crippen LogP) is 4.44. The first kappa shape index (κ1) is 24.0. The second-order valence-electron chi connectivity index (χ2n) is 7.09. The fourth-order valence-corrected chi connectivity index (χ4v) is 3.91. The zero-order valence-corrected chi connectivity index (χ0v) is 18.3. The van der Waals surface area contributed by atoms with Crippen molar-refractivity contribution in [3.05, 3.63) is 101 Å². The van der Waals surface area contributed by atoms with Crippen molar-refractivity contribution in [3.8, 4) is 0 Å². The van der Waals surface area contributed by atoms with Crippen LogP contribution in [0.5, 0.6) is 0 Å². The van der Waals surface area contributed by atoms with E-state index in [4.69, 9.17) is 0 Å². The standard InChI is InChI=1S/C23H20F3N3O3S/c1-33(31,32)29(16-17-7-3-2-4-8-17)20-13-11-18(12-14-20)22(30)28-27-15-19-9-5-6-10-21(19)23(24,25)26/h2-15H,16H2,1H3,(H,28,30)/b27-15+. The fraction of sp³-hybridized carbons (Fsp3) is 0.130. The molecule has 172 valence electrons. The molecule has 0 aliphatic rings. The topological polar surface area (TPSA) is 78.8 Å². The van der Waals surface area contributed by atoms with Gasteiger partial charge in [0.2, 0.25) is 10.0 Å². The summed E-state index contributed by atoms with van der Waals surface area (Å²) in [4.78, 5) is 12.3. The van der Waals surface area contributed by atoms with E-state index in [1.807, 2.05) is 6.07 Å². The summed E-state index contributed by atoms with van der Waals surface area (Å²) in [5.74, 6) is -0.656. The van der Waals surface area contributed by atoms with Crippen molar-refractivity contribution in [1.29, 1.82) is 0 Å². The number of nitrogens with one attached hydrogen (secondary N) is 1. The highest BCUT2D eigenvalue weighted by Crippen LogP contribution is 2.31. The lowest BCUT2D eigenvalue weighted by Crippen LogP contribution is -2.29. The molecule has 0 heterocycles. The number of hydrogen-bond donors (Lipinski definition) is 1. The van der Waals surface area contributed by atoms with E-state index in [1.165, 1.54) is 46.8 Å². The molecule has 3 aromatic rings. The van der Waals surface area contributed by atoms with Crippen molar-refractivity contribution >= 4 is 27.8 Å². The van der Waals surface area contributed by atoms with E-state index >= 15 is 0 Å². The molecule has 6 nitrogen and oxygen atoms in total. The number of hydrazone groups is 1. The highest BCUT2D eigenvalue weighted by atomic mass is 32.2. The molecule has 1 N–H and O–H groups in total. The minimum absolute atomic E-state index is 0.119. The quantitative estimate of drug-likeness (QED) is 0.406. The van der Waals surface area contributed by atoms with Gasteiger partial charge in [-0.3, -0.25) is 9.10 Å². The lowest BCUT2D eigenvalue weighted by molar-refractivity contribution is -0.137. The van der Waals surface area contributed by atoms with Crippen LogP contribution < -0.4 is 9.73 Å². The molecule has 3 rings (SSSR count). The first-order valence-corrected chi connectivity index (χ1v) is 11.5. The van der Waals surface area contributed by atoms with Crippen LogP contribution in [0.25, 0.3) is 0 Å². The maximum absolute atomic E-state index is 13.0. The molecule has 0 aromatic heterocycles. The van der Waals surface area contributed by atoms with Gasteiger partial charge in [-0.25, -0.2) is 13.8 Å². The average Bonchev–Trinajstić information content (AvgIpc) is 2.77. The number of anilines is 1. The van der Waals surface area contributed by atoms with Crippen molar-refractivity contribution in [2.45, 2.75) is 12.7 Å². The van der Waals surface area contributed by atoms with E-state index in [0.29, 0.717) is 5.69 Å². The Hall–Kier alpha value is -3.66. The summed E-state index contributed by atoms with van der Waals surface area (Å²) in [5, 5.41) is 3.61. The molecule has 0 aliphatic heterocycles. The number of rotatable bonds is 7.